The third kappa shape index (κ3) is 5.06. The summed E-state index contributed by atoms with van der Waals surface area (Å²) in [5.74, 6) is -1.90. The highest BCUT2D eigenvalue weighted by atomic mass is 32.2. The lowest BCUT2D eigenvalue weighted by Crippen LogP contribution is -2.46. The first-order valence-corrected chi connectivity index (χ1v) is 7.80. The van der Waals surface area contributed by atoms with E-state index in [0.29, 0.717) is 26.1 Å². The van der Waals surface area contributed by atoms with Crippen LogP contribution in [0.2, 0.25) is 0 Å². The second-order valence-electron chi connectivity index (χ2n) is 4.48. The van der Waals surface area contributed by atoms with E-state index in [2.05, 4.69) is 9.46 Å². The van der Waals surface area contributed by atoms with Gasteiger partial charge in [0, 0.05) is 19.6 Å². The maximum absolute atomic E-state index is 12.1. The van der Waals surface area contributed by atoms with Crippen molar-refractivity contribution < 1.29 is 32.6 Å². The Kier molecular flexibility index (Phi) is 6.37. The summed E-state index contributed by atoms with van der Waals surface area (Å²) in [6.45, 7) is 0.678. The SMILES string of the molecule is COC(=O)CC[C@H](NS(=O)(=O)C1CCOCC1)C(=O)O. The van der Waals surface area contributed by atoms with Gasteiger partial charge in [-0.15, -0.1) is 0 Å². The van der Waals surface area contributed by atoms with Crippen molar-refractivity contribution in [3.8, 4) is 0 Å². The quantitative estimate of drug-likeness (QED) is 0.608. The molecule has 2 N–H and O–H groups in total. The van der Waals surface area contributed by atoms with Gasteiger partial charge in [0.2, 0.25) is 10.0 Å². The molecular formula is C11H19NO7S. The maximum Gasteiger partial charge on any atom is 0.321 e. The topological polar surface area (TPSA) is 119 Å². The highest BCUT2D eigenvalue weighted by molar-refractivity contribution is 7.90. The number of hydrogen-bond acceptors (Lipinski definition) is 6. The minimum Gasteiger partial charge on any atom is -0.480 e. The molecule has 116 valence electrons. The van der Waals surface area contributed by atoms with E-state index in [1.54, 1.807) is 0 Å². The first-order valence-electron chi connectivity index (χ1n) is 6.25. The largest absolute Gasteiger partial charge is 0.480 e. The van der Waals surface area contributed by atoms with E-state index in [0.717, 1.165) is 0 Å². The summed E-state index contributed by atoms with van der Waals surface area (Å²) < 4.78 is 35.8. The van der Waals surface area contributed by atoms with E-state index >= 15 is 0 Å². The van der Waals surface area contributed by atoms with Gasteiger partial charge in [-0.05, 0) is 19.3 Å². The van der Waals surface area contributed by atoms with Crippen LogP contribution in [-0.4, -0.2) is 57.1 Å². The third-order valence-corrected chi connectivity index (χ3v) is 5.04. The van der Waals surface area contributed by atoms with Gasteiger partial charge in [-0.25, -0.2) is 13.1 Å². The standard InChI is InChI=1S/C11H19NO7S/c1-18-10(13)3-2-9(11(14)15)12-20(16,17)8-4-6-19-7-5-8/h8-9,12H,2-7H2,1H3,(H,14,15)/t9-/m0/s1. The number of ether oxygens (including phenoxy) is 2. The first-order chi connectivity index (χ1) is 9.36. The predicted molar refractivity (Wildman–Crippen MR) is 68.6 cm³/mol. The number of sulfonamides is 1. The normalized spacial score (nSPS) is 18.4. The molecule has 1 saturated heterocycles. The molecule has 1 heterocycles. The van der Waals surface area contributed by atoms with E-state index in [4.69, 9.17) is 9.84 Å². The molecule has 0 aliphatic carbocycles. The van der Waals surface area contributed by atoms with Gasteiger partial charge in [-0.2, -0.15) is 0 Å². The summed E-state index contributed by atoms with van der Waals surface area (Å²) in [5, 5.41) is 8.36. The van der Waals surface area contributed by atoms with E-state index in [1.165, 1.54) is 7.11 Å². The zero-order valence-electron chi connectivity index (χ0n) is 11.2. The van der Waals surface area contributed by atoms with Crippen LogP contribution >= 0.6 is 0 Å². The van der Waals surface area contributed by atoms with Crippen LogP contribution in [0.3, 0.4) is 0 Å². The van der Waals surface area contributed by atoms with Gasteiger partial charge in [0.05, 0.1) is 12.4 Å². The molecule has 0 aromatic carbocycles. The average Bonchev–Trinajstić information content (AvgIpc) is 2.43. The molecule has 1 fully saturated rings. The maximum atomic E-state index is 12.1. The van der Waals surface area contributed by atoms with Crippen molar-refractivity contribution in [1.82, 2.24) is 4.72 Å². The second-order valence-corrected chi connectivity index (χ2v) is 6.47. The van der Waals surface area contributed by atoms with Crippen LogP contribution in [0, 0.1) is 0 Å². The number of aliphatic carboxylic acids is 1. The highest BCUT2D eigenvalue weighted by Gasteiger charge is 2.32. The summed E-state index contributed by atoms with van der Waals surface area (Å²) in [5.41, 5.74) is 0. The average molecular weight is 309 g/mol. The molecule has 1 rings (SSSR count). The lowest BCUT2D eigenvalue weighted by Gasteiger charge is -2.24. The number of carboxylic acid groups (broad SMARTS) is 1. The predicted octanol–water partition coefficient (Wildman–Crippen LogP) is -0.509. The van der Waals surface area contributed by atoms with Crippen LogP contribution in [-0.2, 0) is 29.1 Å². The van der Waals surface area contributed by atoms with Gasteiger partial charge < -0.3 is 14.6 Å². The van der Waals surface area contributed by atoms with Crippen LogP contribution in [0.1, 0.15) is 25.7 Å². The van der Waals surface area contributed by atoms with Crippen molar-refractivity contribution >= 4 is 22.0 Å². The molecule has 0 amide bonds. The van der Waals surface area contributed by atoms with Crippen LogP contribution < -0.4 is 4.72 Å². The molecule has 1 aliphatic heterocycles. The number of carbonyl (C=O) groups excluding carboxylic acids is 1. The lowest BCUT2D eigenvalue weighted by molar-refractivity contribution is -0.142. The van der Waals surface area contributed by atoms with Crippen molar-refractivity contribution in [3.05, 3.63) is 0 Å². The van der Waals surface area contributed by atoms with Crippen LogP contribution in [0.15, 0.2) is 0 Å². The Morgan fingerprint density at radius 3 is 2.50 bits per heavy atom. The zero-order chi connectivity index (χ0) is 15.2. The number of nitrogens with one attached hydrogen (secondary N) is 1. The van der Waals surface area contributed by atoms with E-state index < -0.39 is 33.3 Å². The monoisotopic (exact) mass is 309 g/mol. The zero-order valence-corrected chi connectivity index (χ0v) is 12.0. The Balaban J connectivity index is 2.63. The fourth-order valence-corrected chi connectivity index (χ4v) is 3.50. The summed E-state index contributed by atoms with van der Waals surface area (Å²) in [6.07, 6.45) is 0.353. The van der Waals surface area contributed by atoms with Gasteiger partial charge >= 0.3 is 11.9 Å². The lowest BCUT2D eigenvalue weighted by atomic mass is 10.2. The van der Waals surface area contributed by atoms with Crippen molar-refractivity contribution in [3.63, 3.8) is 0 Å². The molecule has 0 bridgehead atoms. The van der Waals surface area contributed by atoms with E-state index in [-0.39, 0.29) is 12.8 Å². The Bertz CT molecular complexity index is 442. The molecule has 1 aliphatic rings. The molecule has 0 spiro atoms. The van der Waals surface area contributed by atoms with Gasteiger partial charge in [-0.1, -0.05) is 0 Å². The van der Waals surface area contributed by atoms with Crippen molar-refractivity contribution in [2.24, 2.45) is 0 Å². The number of hydrogen-bond donors (Lipinski definition) is 2. The van der Waals surface area contributed by atoms with Gasteiger partial charge in [0.1, 0.15) is 6.04 Å². The fourth-order valence-electron chi connectivity index (χ4n) is 1.88. The smallest absolute Gasteiger partial charge is 0.321 e. The Morgan fingerprint density at radius 2 is 2.00 bits per heavy atom. The minimum absolute atomic E-state index is 0.148. The molecule has 0 aromatic rings. The van der Waals surface area contributed by atoms with Gasteiger partial charge in [0.15, 0.2) is 0 Å². The molecule has 0 saturated carbocycles. The van der Waals surface area contributed by atoms with Gasteiger partial charge in [-0.3, -0.25) is 9.59 Å². The Labute approximate surface area is 117 Å². The Morgan fingerprint density at radius 1 is 1.40 bits per heavy atom. The molecular weight excluding hydrogens is 290 g/mol. The molecule has 8 nitrogen and oxygen atoms in total. The minimum atomic E-state index is -3.75. The number of methoxy groups -OCH3 is 1. The van der Waals surface area contributed by atoms with E-state index in [9.17, 15) is 18.0 Å². The first kappa shape index (κ1) is 16.9. The van der Waals surface area contributed by atoms with Crippen molar-refractivity contribution in [2.45, 2.75) is 37.0 Å². The van der Waals surface area contributed by atoms with Crippen LogP contribution in [0.25, 0.3) is 0 Å². The summed E-state index contributed by atoms with van der Waals surface area (Å²) >= 11 is 0. The van der Waals surface area contributed by atoms with Crippen LogP contribution in [0.5, 0.6) is 0 Å². The summed E-state index contributed by atoms with van der Waals surface area (Å²) in [7, 11) is -2.56. The molecule has 0 unspecified atom stereocenters. The van der Waals surface area contributed by atoms with Crippen LogP contribution in [0.4, 0.5) is 0 Å². The molecule has 9 heteroatoms. The second kappa shape index (κ2) is 7.55. The third-order valence-electron chi connectivity index (χ3n) is 3.08. The molecule has 1 atom stereocenters. The molecule has 0 radical (unpaired) electrons. The summed E-state index contributed by atoms with van der Waals surface area (Å²) in [6, 6.07) is -1.33. The highest BCUT2D eigenvalue weighted by Crippen LogP contribution is 2.16. The van der Waals surface area contributed by atoms with Gasteiger partial charge in [0.25, 0.3) is 0 Å². The number of esters is 1. The van der Waals surface area contributed by atoms with Crippen molar-refractivity contribution in [2.75, 3.05) is 20.3 Å². The number of carbonyl (C=O) groups is 2. The summed E-state index contributed by atoms with van der Waals surface area (Å²) in [4.78, 5) is 22.1. The van der Waals surface area contributed by atoms with Crippen molar-refractivity contribution in [1.29, 1.82) is 0 Å². The number of carboxylic acids is 1. The van der Waals surface area contributed by atoms with E-state index in [1.807, 2.05) is 0 Å². The molecule has 20 heavy (non-hydrogen) atoms. The fraction of sp³-hybridized carbons (Fsp3) is 0.818. The Hall–Kier alpha value is -1.19. The number of rotatable bonds is 7. The molecule has 0 aromatic heterocycles.